The topological polar surface area (TPSA) is 70.2 Å². The molecular weight excluding hydrogens is 242 g/mol. The van der Waals surface area contributed by atoms with E-state index >= 15 is 0 Å². The van der Waals surface area contributed by atoms with Crippen LogP contribution in [0.5, 0.6) is 0 Å². The molecule has 0 atom stereocenters. The van der Waals surface area contributed by atoms with Gasteiger partial charge in [0, 0.05) is 43.6 Å². The van der Waals surface area contributed by atoms with Crippen molar-refractivity contribution in [3.05, 3.63) is 18.0 Å². The number of rotatable bonds is 4. The Kier molecular flexibility index (Phi) is 4.68. The molecule has 1 aliphatic heterocycles. The van der Waals surface area contributed by atoms with Gasteiger partial charge in [0.25, 0.3) is 0 Å². The normalized spacial score (nSPS) is 16.4. The Morgan fingerprint density at radius 3 is 2.84 bits per heavy atom. The lowest BCUT2D eigenvalue weighted by molar-refractivity contribution is -0.119. The summed E-state index contributed by atoms with van der Waals surface area (Å²) in [7, 11) is 0. The van der Waals surface area contributed by atoms with Crippen LogP contribution in [0.1, 0.15) is 25.8 Å². The van der Waals surface area contributed by atoms with E-state index in [1.165, 1.54) is 0 Å². The van der Waals surface area contributed by atoms with Crippen LogP contribution in [-0.4, -0.2) is 41.6 Å². The van der Waals surface area contributed by atoms with E-state index in [2.05, 4.69) is 34.4 Å². The van der Waals surface area contributed by atoms with E-state index in [1.54, 1.807) is 0 Å². The predicted octanol–water partition coefficient (Wildman–Crippen LogP) is 0.301. The van der Waals surface area contributed by atoms with Gasteiger partial charge in [0.05, 0.1) is 6.54 Å². The second kappa shape index (κ2) is 6.47. The van der Waals surface area contributed by atoms with Crippen molar-refractivity contribution in [3.8, 4) is 0 Å². The molecule has 2 heterocycles. The Bertz CT molecular complexity index is 418. The molecule has 0 aromatic carbocycles. The minimum absolute atomic E-state index is 0.0339. The summed E-state index contributed by atoms with van der Waals surface area (Å²) >= 11 is 0. The first-order valence-corrected chi connectivity index (χ1v) is 6.71. The molecule has 19 heavy (non-hydrogen) atoms. The van der Waals surface area contributed by atoms with E-state index in [0.29, 0.717) is 18.5 Å². The van der Waals surface area contributed by atoms with Gasteiger partial charge in [-0.1, -0.05) is 13.8 Å². The molecule has 6 heteroatoms. The molecule has 1 aromatic rings. The molecule has 1 fully saturated rings. The molecule has 0 bridgehead atoms. The fourth-order valence-corrected chi connectivity index (χ4v) is 1.90. The predicted molar refractivity (Wildman–Crippen MR) is 73.8 cm³/mol. The zero-order valence-corrected chi connectivity index (χ0v) is 11.5. The molecule has 2 N–H and O–H groups in total. The average Bonchev–Trinajstić information content (AvgIpc) is 2.62. The van der Waals surface area contributed by atoms with Gasteiger partial charge in [0.2, 0.25) is 11.9 Å². The number of hydrogen-bond donors (Lipinski definition) is 2. The van der Waals surface area contributed by atoms with Gasteiger partial charge in [0.1, 0.15) is 0 Å². The van der Waals surface area contributed by atoms with Gasteiger partial charge in [-0.15, -0.1) is 0 Å². The SMILES string of the molecule is CC(C)NCc1cnc(N2CCCNC(=O)C2)nc1. The Balaban J connectivity index is 1.98. The number of nitrogens with one attached hydrogen (secondary N) is 2. The highest BCUT2D eigenvalue weighted by Gasteiger charge is 2.16. The summed E-state index contributed by atoms with van der Waals surface area (Å²) in [5.74, 6) is 0.664. The van der Waals surface area contributed by atoms with Gasteiger partial charge >= 0.3 is 0 Å². The molecule has 1 aliphatic rings. The molecule has 0 radical (unpaired) electrons. The molecule has 6 nitrogen and oxygen atoms in total. The second-order valence-electron chi connectivity index (χ2n) is 5.05. The van der Waals surface area contributed by atoms with Crippen molar-refractivity contribution >= 4 is 11.9 Å². The van der Waals surface area contributed by atoms with E-state index in [-0.39, 0.29) is 5.91 Å². The minimum atomic E-state index is 0.0339. The number of carbonyl (C=O) groups is 1. The molecule has 2 rings (SSSR count). The van der Waals surface area contributed by atoms with Crippen LogP contribution in [0.4, 0.5) is 5.95 Å². The van der Waals surface area contributed by atoms with Crippen molar-refractivity contribution in [1.29, 1.82) is 0 Å². The van der Waals surface area contributed by atoms with Gasteiger partial charge in [-0.3, -0.25) is 4.79 Å². The summed E-state index contributed by atoms with van der Waals surface area (Å²) in [6.45, 7) is 6.84. The van der Waals surface area contributed by atoms with Crippen LogP contribution in [0.2, 0.25) is 0 Å². The molecule has 1 saturated heterocycles. The number of amides is 1. The molecule has 0 aliphatic carbocycles. The number of anilines is 1. The Hall–Kier alpha value is -1.69. The molecule has 0 saturated carbocycles. The zero-order chi connectivity index (χ0) is 13.7. The van der Waals surface area contributed by atoms with Crippen molar-refractivity contribution in [2.75, 3.05) is 24.5 Å². The zero-order valence-electron chi connectivity index (χ0n) is 11.5. The Morgan fingerprint density at radius 1 is 1.42 bits per heavy atom. The third-order valence-corrected chi connectivity index (χ3v) is 2.95. The lowest BCUT2D eigenvalue weighted by Gasteiger charge is -2.18. The highest BCUT2D eigenvalue weighted by molar-refractivity contribution is 5.81. The smallest absolute Gasteiger partial charge is 0.239 e. The first-order valence-electron chi connectivity index (χ1n) is 6.71. The maximum Gasteiger partial charge on any atom is 0.239 e. The lowest BCUT2D eigenvalue weighted by Crippen LogP contribution is -2.34. The Labute approximate surface area is 113 Å². The fourth-order valence-electron chi connectivity index (χ4n) is 1.90. The van der Waals surface area contributed by atoms with Crippen molar-refractivity contribution < 1.29 is 4.79 Å². The Morgan fingerprint density at radius 2 is 2.16 bits per heavy atom. The van der Waals surface area contributed by atoms with Gasteiger partial charge in [-0.05, 0) is 6.42 Å². The molecule has 0 spiro atoms. The molecular formula is C13H21N5O. The van der Waals surface area contributed by atoms with Crippen LogP contribution in [0.25, 0.3) is 0 Å². The van der Waals surface area contributed by atoms with Crippen molar-refractivity contribution in [2.24, 2.45) is 0 Å². The number of hydrogen-bond acceptors (Lipinski definition) is 5. The molecule has 0 unspecified atom stereocenters. The fraction of sp³-hybridized carbons (Fsp3) is 0.615. The third-order valence-electron chi connectivity index (χ3n) is 2.95. The summed E-state index contributed by atoms with van der Waals surface area (Å²) in [6, 6.07) is 0.439. The van der Waals surface area contributed by atoms with Crippen LogP contribution >= 0.6 is 0 Å². The van der Waals surface area contributed by atoms with Crippen molar-refractivity contribution in [3.63, 3.8) is 0 Å². The van der Waals surface area contributed by atoms with E-state index in [9.17, 15) is 4.79 Å². The number of carbonyl (C=O) groups excluding carboxylic acids is 1. The average molecular weight is 263 g/mol. The number of nitrogens with zero attached hydrogens (tertiary/aromatic N) is 3. The maximum absolute atomic E-state index is 11.5. The molecule has 104 valence electrons. The van der Waals surface area contributed by atoms with Gasteiger partial charge < -0.3 is 15.5 Å². The van der Waals surface area contributed by atoms with E-state index in [4.69, 9.17) is 0 Å². The summed E-state index contributed by atoms with van der Waals surface area (Å²) in [4.78, 5) is 22.1. The minimum Gasteiger partial charge on any atom is -0.354 e. The van der Waals surface area contributed by atoms with E-state index < -0.39 is 0 Å². The highest BCUT2D eigenvalue weighted by atomic mass is 16.2. The van der Waals surface area contributed by atoms with Gasteiger partial charge in [-0.2, -0.15) is 0 Å². The third kappa shape index (κ3) is 4.17. The summed E-state index contributed by atoms with van der Waals surface area (Å²) in [5, 5.41) is 6.16. The monoisotopic (exact) mass is 263 g/mol. The summed E-state index contributed by atoms with van der Waals surface area (Å²) in [6.07, 6.45) is 4.56. The maximum atomic E-state index is 11.5. The summed E-state index contributed by atoms with van der Waals surface area (Å²) in [5.41, 5.74) is 1.05. The van der Waals surface area contributed by atoms with Crippen molar-refractivity contribution in [2.45, 2.75) is 32.9 Å². The van der Waals surface area contributed by atoms with E-state index in [1.807, 2.05) is 17.3 Å². The highest BCUT2D eigenvalue weighted by Crippen LogP contribution is 2.09. The van der Waals surface area contributed by atoms with Crippen LogP contribution in [0, 0.1) is 0 Å². The number of aromatic nitrogens is 2. The largest absolute Gasteiger partial charge is 0.354 e. The quantitative estimate of drug-likeness (QED) is 0.817. The van der Waals surface area contributed by atoms with Crippen LogP contribution in [-0.2, 0) is 11.3 Å². The van der Waals surface area contributed by atoms with Crippen LogP contribution in [0.3, 0.4) is 0 Å². The van der Waals surface area contributed by atoms with Crippen LogP contribution in [0.15, 0.2) is 12.4 Å². The summed E-state index contributed by atoms with van der Waals surface area (Å²) < 4.78 is 0. The molecule has 1 amide bonds. The van der Waals surface area contributed by atoms with Crippen molar-refractivity contribution in [1.82, 2.24) is 20.6 Å². The van der Waals surface area contributed by atoms with Crippen LogP contribution < -0.4 is 15.5 Å². The molecule has 1 aromatic heterocycles. The first kappa shape index (κ1) is 13.7. The standard InChI is InChI=1S/C13H21N5O/c1-10(2)15-6-11-7-16-13(17-8-11)18-5-3-4-14-12(19)9-18/h7-8,10,15H,3-6,9H2,1-2H3,(H,14,19). The first-order chi connectivity index (χ1) is 9.15. The second-order valence-corrected chi connectivity index (χ2v) is 5.05. The van der Waals surface area contributed by atoms with Gasteiger partial charge in [0.15, 0.2) is 0 Å². The van der Waals surface area contributed by atoms with Gasteiger partial charge in [-0.25, -0.2) is 9.97 Å². The van der Waals surface area contributed by atoms with E-state index in [0.717, 1.165) is 31.6 Å². The lowest BCUT2D eigenvalue weighted by atomic mass is 10.3.